The van der Waals surface area contributed by atoms with E-state index in [0.29, 0.717) is 13.2 Å². The van der Waals surface area contributed by atoms with Crippen LogP contribution in [0.2, 0.25) is 0 Å². The monoisotopic (exact) mass is 656 g/mol. The summed E-state index contributed by atoms with van der Waals surface area (Å²) >= 11 is 0. The van der Waals surface area contributed by atoms with E-state index in [2.05, 4.69) is 60.2 Å². The zero-order valence-corrected chi connectivity index (χ0v) is 29.8. The Balaban J connectivity index is 0.000000266. The van der Waals surface area contributed by atoms with Gasteiger partial charge in [0.25, 0.3) is 0 Å². The van der Waals surface area contributed by atoms with Crippen LogP contribution in [0.5, 0.6) is 11.5 Å². The molecule has 1 N–H and O–H groups in total. The summed E-state index contributed by atoms with van der Waals surface area (Å²) in [7, 11) is 1.84. The molecule has 6 heteroatoms. The van der Waals surface area contributed by atoms with Crippen molar-refractivity contribution in [2.45, 2.75) is 66.5 Å². The normalized spacial score (nSPS) is 11.2. The predicted molar refractivity (Wildman–Crippen MR) is 199 cm³/mol. The highest BCUT2D eigenvalue weighted by Crippen LogP contribution is 2.14. The number of ether oxygens (including phenoxy) is 2. The maximum Gasteiger partial charge on any atom is 0.219 e. The van der Waals surface area contributed by atoms with Crippen molar-refractivity contribution in [2.75, 3.05) is 20.3 Å². The maximum absolute atomic E-state index is 11.4. The molecule has 0 heterocycles. The van der Waals surface area contributed by atoms with Crippen molar-refractivity contribution in [2.24, 2.45) is 0 Å². The minimum atomic E-state index is 0.000317. The highest BCUT2D eigenvalue weighted by atomic mass is 16.5. The van der Waals surface area contributed by atoms with Crippen molar-refractivity contribution in [1.82, 2.24) is 10.2 Å². The van der Waals surface area contributed by atoms with Crippen molar-refractivity contribution < 1.29 is 19.1 Å². The van der Waals surface area contributed by atoms with Crippen LogP contribution in [0, 0.1) is 23.7 Å². The minimum absolute atomic E-state index is 0.000317. The van der Waals surface area contributed by atoms with Gasteiger partial charge in [-0.1, -0.05) is 47.9 Å². The first-order valence-electron chi connectivity index (χ1n) is 16.7. The van der Waals surface area contributed by atoms with Crippen LogP contribution in [0.4, 0.5) is 0 Å². The van der Waals surface area contributed by atoms with Gasteiger partial charge in [-0.2, -0.15) is 0 Å². The highest BCUT2D eigenvalue weighted by Gasteiger charge is 2.12. The molecule has 0 spiro atoms. The Morgan fingerprint density at radius 1 is 0.612 bits per heavy atom. The number of nitrogens with one attached hydrogen (secondary N) is 1. The third kappa shape index (κ3) is 14.1. The second-order valence-electron chi connectivity index (χ2n) is 11.8. The van der Waals surface area contributed by atoms with Gasteiger partial charge >= 0.3 is 0 Å². The van der Waals surface area contributed by atoms with Gasteiger partial charge in [0.1, 0.15) is 11.5 Å². The van der Waals surface area contributed by atoms with E-state index in [1.807, 2.05) is 101 Å². The smallest absolute Gasteiger partial charge is 0.219 e. The van der Waals surface area contributed by atoms with Crippen LogP contribution in [-0.2, 0) is 22.4 Å². The molecule has 49 heavy (non-hydrogen) atoms. The number of hydrogen-bond donors (Lipinski definition) is 1. The number of benzene rings is 4. The van der Waals surface area contributed by atoms with E-state index < -0.39 is 0 Å². The highest BCUT2D eigenvalue weighted by molar-refractivity contribution is 5.73. The fraction of sp³-hybridized carbons (Fsp3) is 0.302. The number of likely N-dealkylation sites (N-methyl/N-ethyl adjacent to an activating group) is 1. The Kier molecular flexibility index (Phi) is 15.5. The molecule has 0 saturated heterocycles. The molecule has 2 amide bonds. The molecule has 2 atom stereocenters. The summed E-state index contributed by atoms with van der Waals surface area (Å²) in [5.41, 5.74) is 6.26. The average Bonchev–Trinajstić information content (AvgIpc) is 3.08. The maximum atomic E-state index is 11.4. The van der Waals surface area contributed by atoms with Gasteiger partial charge in [0.15, 0.2) is 0 Å². The zero-order chi connectivity index (χ0) is 35.6. The van der Waals surface area contributed by atoms with Crippen molar-refractivity contribution in [3.05, 3.63) is 130 Å². The SMILES string of the molecule is CCOc1ccc(C#Cc2ccc(CC(C)N(C)C(C)=O)cc2)cc1.CCOc1ccc(C#Cc2ccc(CC(C)NC(C)=O)cc2)cc1. The quantitative estimate of drug-likeness (QED) is 0.180. The minimum Gasteiger partial charge on any atom is -0.494 e. The average molecular weight is 657 g/mol. The van der Waals surface area contributed by atoms with Crippen LogP contribution in [0.25, 0.3) is 0 Å². The summed E-state index contributed by atoms with van der Waals surface area (Å²) in [5.74, 6) is 14.5. The summed E-state index contributed by atoms with van der Waals surface area (Å²) < 4.78 is 10.8. The largest absolute Gasteiger partial charge is 0.494 e. The molecular formula is C43H48N2O4. The fourth-order valence-electron chi connectivity index (χ4n) is 4.88. The van der Waals surface area contributed by atoms with Crippen LogP contribution in [0.1, 0.15) is 74.9 Å². The van der Waals surface area contributed by atoms with Crippen LogP contribution >= 0.6 is 0 Å². The number of amides is 2. The summed E-state index contributed by atoms with van der Waals surface area (Å²) in [6.07, 6.45) is 1.65. The van der Waals surface area contributed by atoms with Crippen LogP contribution < -0.4 is 14.8 Å². The van der Waals surface area contributed by atoms with E-state index in [9.17, 15) is 9.59 Å². The molecule has 0 fully saturated rings. The first kappa shape index (κ1) is 38.0. The number of carbonyl (C=O) groups is 2. The second-order valence-corrected chi connectivity index (χ2v) is 11.8. The molecule has 0 saturated carbocycles. The van der Waals surface area contributed by atoms with E-state index in [0.717, 1.165) is 46.6 Å². The first-order chi connectivity index (χ1) is 23.6. The van der Waals surface area contributed by atoms with E-state index in [4.69, 9.17) is 9.47 Å². The van der Waals surface area contributed by atoms with Gasteiger partial charge in [-0.25, -0.2) is 0 Å². The number of rotatable bonds is 10. The van der Waals surface area contributed by atoms with E-state index >= 15 is 0 Å². The van der Waals surface area contributed by atoms with E-state index in [1.165, 1.54) is 18.1 Å². The van der Waals surface area contributed by atoms with Gasteiger partial charge in [-0.15, -0.1) is 0 Å². The molecule has 0 aliphatic rings. The van der Waals surface area contributed by atoms with Gasteiger partial charge in [0, 0.05) is 55.2 Å². The van der Waals surface area contributed by atoms with Gasteiger partial charge in [-0.3, -0.25) is 9.59 Å². The number of carbonyl (C=O) groups excluding carboxylic acids is 2. The molecule has 0 radical (unpaired) electrons. The van der Waals surface area contributed by atoms with Crippen LogP contribution in [0.3, 0.4) is 0 Å². The van der Waals surface area contributed by atoms with Gasteiger partial charge in [0.05, 0.1) is 13.2 Å². The predicted octanol–water partition coefficient (Wildman–Crippen LogP) is 7.45. The fourth-order valence-corrected chi connectivity index (χ4v) is 4.88. The van der Waals surface area contributed by atoms with Crippen LogP contribution in [-0.4, -0.2) is 49.1 Å². The van der Waals surface area contributed by atoms with Gasteiger partial charge in [-0.05, 0) is 124 Å². The van der Waals surface area contributed by atoms with Crippen LogP contribution in [0.15, 0.2) is 97.1 Å². The summed E-state index contributed by atoms with van der Waals surface area (Å²) in [4.78, 5) is 24.2. The molecule has 0 aliphatic heterocycles. The zero-order valence-electron chi connectivity index (χ0n) is 29.8. The lowest BCUT2D eigenvalue weighted by Gasteiger charge is -2.23. The molecule has 4 aromatic carbocycles. The summed E-state index contributed by atoms with van der Waals surface area (Å²) in [5, 5.41) is 2.89. The molecule has 0 aromatic heterocycles. The van der Waals surface area contributed by atoms with Gasteiger partial charge < -0.3 is 19.7 Å². The molecule has 4 aromatic rings. The van der Waals surface area contributed by atoms with Gasteiger partial charge in [0.2, 0.25) is 11.8 Å². The molecule has 254 valence electrons. The molecule has 6 nitrogen and oxygen atoms in total. The number of hydrogen-bond acceptors (Lipinski definition) is 4. The second kappa shape index (κ2) is 20.0. The lowest BCUT2D eigenvalue weighted by Crippen LogP contribution is -2.34. The topological polar surface area (TPSA) is 67.9 Å². The summed E-state index contributed by atoms with van der Waals surface area (Å²) in [6.45, 7) is 12.5. The Bertz CT molecular complexity index is 1740. The standard InChI is InChI=1S/C22H25NO2.C21H23NO2/c1-5-25-22-14-12-20(13-15-22)7-6-19-8-10-21(11-9-19)16-17(2)23(4)18(3)24;1-4-24-21-13-11-19(12-14-21)6-5-18-7-9-20(10-8-18)15-16(2)22-17(3)23/h8-15,17H,5,16H2,1-4H3;7-14,16H,4,15H2,1-3H3,(H,22,23). The lowest BCUT2D eigenvalue weighted by atomic mass is 10.0. The Labute approximate surface area is 292 Å². The Morgan fingerprint density at radius 2 is 0.959 bits per heavy atom. The molecule has 4 rings (SSSR count). The third-order valence-corrected chi connectivity index (χ3v) is 7.62. The van der Waals surface area contributed by atoms with Crippen molar-refractivity contribution in [3.8, 4) is 35.2 Å². The lowest BCUT2D eigenvalue weighted by molar-refractivity contribution is -0.129. The Hall–Kier alpha value is -5.46. The molecular weight excluding hydrogens is 608 g/mol. The van der Waals surface area contributed by atoms with Crippen molar-refractivity contribution in [1.29, 1.82) is 0 Å². The third-order valence-electron chi connectivity index (χ3n) is 7.62. The summed E-state index contributed by atoms with van der Waals surface area (Å²) in [6, 6.07) is 32.2. The molecule has 2 unspecified atom stereocenters. The Morgan fingerprint density at radius 3 is 1.29 bits per heavy atom. The molecule has 0 aliphatic carbocycles. The van der Waals surface area contributed by atoms with Crippen molar-refractivity contribution in [3.63, 3.8) is 0 Å². The van der Waals surface area contributed by atoms with Crippen molar-refractivity contribution >= 4 is 11.8 Å². The molecule has 0 bridgehead atoms. The van der Waals surface area contributed by atoms with E-state index in [1.54, 1.807) is 11.8 Å². The number of nitrogens with zero attached hydrogens (tertiary/aromatic N) is 1. The first-order valence-corrected chi connectivity index (χ1v) is 16.7. The van der Waals surface area contributed by atoms with E-state index in [-0.39, 0.29) is 23.9 Å².